The highest BCUT2D eigenvalue weighted by Gasteiger charge is 2.44. The molecule has 1 aliphatic rings. The summed E-state index contributed by atoms with van der Waals surface area (Å²) >= 11 is 0. The lowest BCUT2D eigenvalue weighted by molar-refractivity contribution is -0.0667. The minimum Gasteiger partial charge on any atom is -0.388 e. The predicted octanol–water partition coefficient (Wildman–Crippen LogP) is 7.22. The van der Waals surface area contributed by atoms with E-state index in [0.29, 0.717) is 23.3 Å². The van der Waals surface area contributed by atoms with E-state index in [-0.39, 0.29) is 18.6 Å². The molecule has 0 spiro atoms. The second-order valence-electron chi connectivity index (χ2n) is 11.4. The fourth-order valence-electron chi connectivity index (χ4n) is 5.54. The third kappa shape index (κ3) is 9.06. The molecule has 1 aliphatic heterocycles. The van der Waals surface area contributed by atoms with Gasteiger partial charge >= 0.3 is 0 Å². The maximum atomic E-state index is 12.7. The minimum atomic E-state index is -0.939. The van der Waals surface area contributed by atoms with Crippen molar-refractivity contribution in [2.75, 3.05) is 11.9 Å². The molecule has 0 radical (unpaired) electrons. The number of aliphatic hydroxyl groups is 1. The van der Waals surface area contributed by atoms with Crippen LogP contribution in [0.5, 0.6) is 0 Å². The third-order valence-corrected chi connectivity index (χ3v) is 8.02. The summed E-state index contributed by atoms with van der Waals surface area (Å²) in [5.41, 5.74) is 1.36. The second-order valence-corrected chi connectivity index (χ2v) is 11.4. The Morgan fingerprint density at radius 1 is 0.952 bits per heavy atom. The van der Waals surface area contributed by atoms with Gasteiger partial charge in [0.1, 0.15) is 18.5 Å². The number of rotatable bonds is 19. The van der Waals surface area contributed by atoms with Crippen LogP contribution in [0.1, 0.15) is 122 Å². The molecule has 9 nitrogen and oxygen atoms in total. The van der Waals surface area contributed by atoms with Gasteiger partial charge < -0.3 is 19.9 Å². The minimum absolute atomic E-state index is 0.0869. The van der Waals surface area contributed by atoms with Gasteiger partial charge in [0.25, 0.3) is 5.91 Å². The lowest BCUT2D eigenvalue weighted by atomic mass is 10.0. The molecule has 3 heterocycles. The number of ether oxygens (including phenoxy) is 2. The summed E-state index contributed by atoms with van der Waals surface area (Å²) < 4.78 is 21.8. The van der Waals surface area contributed by atoms with Gasteiger partial charge in [-0.25, -0.2) is 15.0 Å². The van der Waals surface area contributed by atoms with Crippen LogP contribution in [0.2, 0.25) is 0 Å². The van der Waals surface area contributed by atoms with Gasteiger partial charge in [-0.15, -0.1) is 0 Å². The zero-order valence-corrected chi connectivity index (χ0v) is 25.1. The lowest BCUT2D eigenvalue weighted by Gasteiger charge is -2.22. The number of anilines is 1. The van der Waals surface area contributed by atoms with Crippen LogP contribution in [0.3, 0.4) is 0 Å². The van der Waals surface area contributed by atoms with E-state index < -0.39 is 24.5 Å². The average molecular weight is 581 g/mol. The van der Waals surface area contributed by atoms with E-state index in [9.17, 15) is 9.90 Å². The molecule has 1 amide bonds. The molecule has 4 rings (SSSR count). The molecule has 1 aromatic carbocycles. The molecule has 3 aromatic rings. The Balaban J connectivity index is 1.22. The van der Waals surface area contributed by atoms with Crippen LogP contribution in [0, 0.1) is 0 Å². The molecule has 4 atom stereocenters. The number of aliphatic hydroxyl groups excluding tert-OH is 1. The Kier molecular flexibility index (Phi) is 12.6. The average Bonchev–Trinajstić information content (AvgIpc) is 3.60. The molecule has 0 saturated carbocycles. The van der Waals surface area contributed by atoms with Crippen LogP contribution >= 0.6 is 0 Å². The van der Waals surface area contributed by atoms with Gasteiger partial charge in [0.05, 0.1) is 12.4 Å². The first-order valence-corrected chi connectivity index (χ1v) is 15.9. The quantitative estimate of drug-likeness (QED) is 0.144. The first kappa shape index (κ1) is 30.6. The van der Waals surface area contributed by atoms with Crippen LogP contribution < -0.4 is 5.32 Å². The first-order valence-electron chi connectivity index (χ1n) is 16.6. The molecule has 230 valence electrons. The van der Waals surface area contributed by atoms with E-state index in [2.05, 4.69) is 27.2 Å². The van der Waals surface area contributed by atoms with Crippen molar-refractivity contribution in [2.45, 2.75) is 128 Å². The number of nitrogens with zero attached hydrogens (tertiary/aromatic N) is 4. The maximum Gasteiger partial charge on any atom is 0.256 e. The van der Waals surface area contributed by atoms with Crippen molar-refractivity contribution in [1.82, 2.24) is 19.5 Å². The fourth-order valence-corrected chi connectivity index (χ4v) is 5.54. The molecule has 9 heteroatoms. The standard InChI is InChI=1S/C33H49N5O4/c1-3-4-5-6-7-8-9-10-11-12-13-14-15-19-22-41-29-28(39)25(2)42-33(29)38-24-36-27-30(34-23-35-31(27)38)37-32(40)26-20-17-16-18-21-26/h16-18,20-21,23-25,28-29,33,39H,3-15,19,22H2,1-2H3,(H,34,35,37,40)/t25-,28-,29-,33?/m1/s1/i2D. The van der Waals surface area contributed by atoms with Crippen molar-refractivity contribution < 1.29 is 20.7 Å². The smallest absolute Gasteiger partial charge is 0.256 e. The van der Waals surface area contributed by atoms with Crippen LogP contribution in [0.4, 0.5) is 5.82 Å². The number of amides is 1. The molecule has 1 saturated heterocycles. The molecule has 1 fully saturated rings. The molecular weight excluding hydrogens is 530 g/mol. The van der Waals surface area contributed by atoms with Gasteiger partial charge in [-0.3, -0.25) is 9.36 Å². The number of carbonyl (C=O) groups is 1. The number of fused-ring (bicyclic) bond motifs is 1. The number of hydrogen-bond donors (Lipinski definition) is 2. The largest absolute Gasteiger partial charge is 0.388 e. The highest BCUT2D eigenvalue weighted by Crippen LogP contribution is 2.34. The second kappa shape index (κ2) is 17.3. The molecule has 2 aromatic heterocycles. The van der Waals surface area contributed by atoms with Crippen LogP contribution in [0.15, 0.2) is 43.0 Å². The number of hydrogen-bond acceptors (Lipinski definition) is 7. The summed E-state index contributed by atoms with van der Waals surface area (Å²) in [6.45, 7) is 2.68. The van der Waals surface area contributed by atoms with Crippen molar-refractivity contribution in [3.63, 3.8) is 0 Å². The topological polar surface area (TPSA) is 111 Å². The Morgan fingerprint density at radius 2 is 1.60 bits per heavy atom. The van der Waals surface area contributed by atoms with Crippen molar-refractivity contribution >= 4 is 22.9 Å². The first-order chi connectivity index (χ1) is 21.1. The van der Waals surface area contributed by atoms with Gasteiger partial charge in [0, 0.05) is 13.5 Å². The number of aromatic nitrogens is 4. The summed E-state index contributed by atoms with van der Waals surface area (Å²) in [5, 5.41) is 13.7. The van der Waals surface area contributed by atoms with Crippen molar-refractivity contribution in [1.29, 1.82) is 0 Å². The Labute approximate surface area is 251 Å². The number of carbonyl (C=O) groups excluding carboxylic acids is 1. The third-order valence-electron chi connectivity index (χ3n) is 8.02. The van der Waals surface area contributed by atoms with Crippen LogP contribution in [0.25, 0.3) is 11.2 Å². The van der Waals surface area contributed by atoms with E-state index in [1.54, 1.807) is 35.2 Å². The van der Waals surface area contributed by atoms with E-state index in [0.717, 1.165) is 12.8 Å². The summed E-state index contributed by atoms with van der Waals surface area (Å²) in [4.78, 5) is 25.8. The van der Waals surface area contributed by atoms with Gasteiger partial charge in [-0.2, -0.15) is 0 Å². The zero-order chi connectivity index (χ0) is 30.3. The maximum absolute atomic E-state index is 12.7. The highest BCUT2D eigenvalue weighted by molar-refractivity contribution is 6.06. The number of unbranched alkanes of at least 4 members (excludes halogenated alkanes) is 13. The van der Waals surface area contributed by atoms with Gasteiger partial charge in [-0.05, 0) is 25.5 Å². The van der Waals surface area contributed by atoms with Gasteiger partial charge in [0.2, 0.25) is 0 Å². The van der Waals surface area contributed by atoms with E-state index >= 15 is 0 Å². The normalized spacial score (nSPS) is 20.7. The lowest BCUT2D eigenvalue weighted by Crippen LogP contribution is -2.33. The molecular formula is C33H49N5O4. The molecule has 1 unspecified atom stereocenters. The van der Waals surface area contributed by atoms with Crippen molar-refractivity contribution in [3.05, 3.63) is 48.5 Å². The molecule has 2 N–H and O–H groups in total. The molecule has 0 bridgehead atoms. The van der Waals surface area contributed by atoms with Crippen molar-refractivity contribution in [2.24, 2.45) is 0 Å². The Bertz CT molecular complexity index is 1230. The van der Waals surface area contributed by atoms with Crippen LogP contribution in [-0.2, 0) is 9.47 Å². The summed E-state index contributed by atoms with van der Waals surface area (Å²) in [6, 6.07) is 8.88. The summed E-state index contributed by atoms with van der Waals surface area (Å²) in [5.74, 6) is -0.0144. The molecule has 42 heavy (non-hydrogen) atoms. The van der Waals surface area contributed by atoms with Crippen molar-refractivity contribution in [3.8, 4) is 0 Å². The molecule has 0 aliphatic carbocycles. The van der Waals surface area contributed by atoms with Crippen LogP contribution in [-0.4, -0.2) is 55.5 Å². The van der Waals surface area contributed by atoms with E-state index in [4.69, 9.17) is 10.8 Å². The predicted molar refractivity (Wildman–Crippen MR) is 165 cm³/mol. The monoisotopic (exact) mass is 580 g/mol. The number of benzene rings is 1. The highest BCUT2D eigenvalue weighted by atomic mass is 16.6. The van der Waals surface area contributed by atoms with Gasteiger partial charge in [0.15, 0.2) is 23.2 Å². The zero-order valence-electron chi connectivity index (χ0n) is 26.1. The summed E-state index contributed by atoms with van der Waals surface area (Å²) in [6.07, 6.45) is 18.0. The number of imidazole rings is 1. The fraction of sp³-hybridized carbons (Fsp3) is 0.636. The number of nitrogens with one attached hydrogen (secondary N) is 1. The van der Waals surface area contributed by atoms with E-state index in [1.165, 1.54) is 83.4 Å². The Morgan fingerprint density at radius 3 is 2.24 bits per heavy atom. The van der Waals surface area contributed by atoms with Gasteiger partial charge in [-0.1, -0.05) is 109 Å². The Hall–Kier alpha value is -2.88. The summed E-state index contributed by atoms with van der Waals surface area (Å²) in [7, 11) is 0. The SMILES string of the molecule is [2H]C[C@H]1OC(n2cnc3c(NC(=O)c4ccccc4)ncnc32)[C@H](OCCCCCCCCCCCCCCCC)[C@@H]1O. The van der Waals surface area contributed by atoms with E-state index in [1.807, 2.05) is 6.07 Å².